The summed E-state index contributed by atoms with van der Waals surface area (Å²) in [4.78, 5) is 0. The molecule has 0 atom stereocenters. The number of rotatable bonds is 3. The minimum absolute atomic E-state index is 0.324. The van der Waals surface area contributed by atoms with E-state index in [1.165, 1.54) is 0 Å². The van der Waals surface area contributed by atoms with E-state index in [2.05, 4.69) is 16.8 Å². The van der Waals surface area contributed by atoms with Gasteiger partial charge in [0.15, 0.2) is 0 Å². The molecule has 0 unspecified atom stereocenters. The fourth-order valence-corrected chi connectivity index (χ4v) is 3.22. The summed E-state index contributed by atoms with van der Waals surface area (Å²) in [7, 11) is 0. The fourth-order valence-electron chi connectivity index (χ4n) is 2.98. The van der Waals surface area contributed by atoms with E-state index in [1.54, 1.807) is 5.01 Å². The predicted octanol–water partition coefficient (Wildman–Crippen LogP) is 4.55. The van der Waals surface area contributed by atoms with Crippen LogP contribution in [-0.4, -0.2) is 27.0 Å². The van der Waals surface area contributed by atoms with Crippen LogP contribution < -0.4 is 5.01 Å². The second kappa shape index (κ2) is 6.59. The van der Waals surface area contributed by atoms with Gasteiger partial charge in [0.2, 0.25) is 0 Å². The van der Waals surface area contributed by atoms with Crippen molar-refractivity contribution in [1.29, 1.82) is 0 Å². The van der Waals surface area contributed by atoms with Gasteiger partial charge in [-0.25, -0.2) is 5.01 Å². The second-order valence-corrected chi connectivity index (χ2v) is 6.90. The van der Waals surface area contributed by atoms with Crippen LogP contribution in [0.25, 0.3) is 5.69 Å². The summed E-state index contributed by atoms with van der Waals surface area (Å²) in [6.07, 6.45) is 0. The zero-order valence-corrected chi connectivity index (χ0v) is 15.5. The van der Waals surface area contributed by atoms with Gasteiger partial charge in [0.05, 0.1) is 12.2 Å². The first-order valence-electron chi connectivity index (χ1n) is 8.02. The third-order valence-corrected chi connectivity index (χ3v) is 4.47. The summed E-state index contributed by atoms with van der Waals surface area (Å²) >= 11 is 12.1. The highest BCUT2D eigenvalue weighted by Crippen LogP contribution is 2.30. The van der Waals surface area contributed by atoms with Crippen LogP contribution in [0.4, 0.5) is 5.95 Å². The lowest BCUT2D eigenvalue weighted by Gasteiger charge is -2.16. The first-order chi connectivity index (χ1) is 12.5. The predicted molar refractivity (Wildman–Crippen MR) is 106 cm³/mol. The Kier molecular flexibility index (Phi) is 4.26. The number of anilines is 1. The van der Waals surface area contributed by atoms with E-state index in [9.17, 15) is 0 Å². The molecule has 2 aromatic carbocycles. The molecule has 5 nitrogen and oxygen atoms in total. The Morgan fingerprint density at radius 3 is 2.54 bits per heavy atom. The lowest BCUT2D eigenvalue weighted by atomic mass is 10.0. The van der Waals surface area contributed by atoms with E-state index >= 15 is 0 Å². The van der Waals surface area contributed by atoms with Crippen LogP contribution in [0.3, 0.4) is 0 Å². The third-order valence-electron chi connectivity index (χ3n) is 4.10. The van der Waals surface area contributed by atoms with E-state index in [-0.39, 0.29) is 0 Å². The molecule has 2 heterocycles. The van der Waals surface area contributed by atoms with Crippen LogP contribution in [0.2, 0.25) is 5.02 Å². The largest absolute Gasteiger partial charge is 0.263 e. The van der Waals surface area contributed by atoms with Crippen molar-refractivity contribution in [2.75, 3.05) is 11.6 Å². The molecule has 7 heteroatoms. The maximum absolute atomic E-state index is 6.08. The van der Waals surface area contributed by atoms with Gasteiger partial charge in [-0.15, -0.1) is 10.2 Å². The van der Waals surface area contributed by atoms with Gasteiger partial charge in [-0.05, 0) is 25.1 Å². The summed E-state index contributed by atoms with van der Waals surface area (Å²) in [6, 6.07) is 15.6. The molecule has 1 aliphatic rings. The molecule has 3 aromatic rings. The van der Waals surface area contributed by atoms with Crippen LogP contribution in [0, 0.1) is 6.92 Å². The SMILES string of the molecule is C=C(Cl)CN1N=C(c2ccc(Cl)cc2)c2ccccc2-n2c(C)nnc21. The van der Waals surface area contributed by atoms with Gasteiger partial charge in [0.1, 0.15) is 11.5 Å². The molecule has 1 aromatic heterocycles. The maximum atomic E-state index is 6.08. The lowest BCUT2D eigenvalue weighted by Crippen LogP contribution is -2.22. The Morgan fingerprint density at radius 1 is 1.08 bits per heavy atom. The van der Waals surface area contributed by atoms with Crippen molar-refractivity contribution in [2.45, 2.75) is 6.92 Å². The van der Waals surface area contributed by atoms with Gasteiger partial charge in [-0.1, -0.05) is 60.1 Å². The molecule has 0 fully saturated rings. The molecule has 0 saturated carbocycles. The van der Waals surface area contributed by atoms with E-state index < -0.39 is 0 Å². The van der Waals surface area contributed by atoms with Crippen LogP contribution >= 0.6 is 23.2 Å². The van der Waals surface area contributed by atoms with Crippen LogP contribution in [0.15, 0.2) is 65.2 Å². The number of nitrogens with zero attached hydrogens (tertiary/aromatic N) is 5. The number of hydrogen-bond donors (Lipinski definition) is 0. The number of aryl methyl sites for hydroxylation is 1. The van der Waals surface area contributed by atoms with Crippen LogP contribution in [0.5, 0.6) is 0 Å². The fraction of sp³-hybridized carbons (Fsp3) is 0.105. The first kappa shape index (κ1) is 16.8. The molecule has 0 saturated heterocycles. The molecule has 0 N–H and O–H groups in total. The van der Waals surface area contributed by atoms with E-state index in [0.29, 0.717) is 22.5 Å². The van der Waals surface area contributed by atoms with Crippen molar-refractivity contribution >= 4 is 34.9 Å². The third kappa shape index (κ3) is 2.89. The van der Waals surface area contributed by atoms with Gasteiger partial charge in [0, 0.05) is 21.2 Å². The zero-order chi connectivity index (χ0) is 18.3. The lowest BCUT2D eigenvalue weighted by molar-refractivity contribution is 0.851. The molecule has 0 bridgehead atoms. The monoisotopic (exact) mass is 383 g/mol. The second-order valence-electron chi connectivity index (χ2n) is 5.93. The minimum Gasteiger partial charge on any atom is -0.263 e. The van der Waals surface area contributed by atoms with Crippen LogP contribution in [0.1, 0.15) is 17.0 Å². The molecule has 26 heavy (non-hydrogen) atoms. The number of benzene rings is 2. The maximum Gasteiger partial charge on any atom is 0.252 e. The molecule has 1 aliphatic heterocycles. The highest BCUT2D eigenvalue weighted by atomic mass is 35.5. The van der Waals surface area contributed by atoms with E-state index in [0.717, 1.165) is 28.4 Å². The van der Waals surface area contributed by atoms with Gasteiger partial charge in [-0.2, -0.15) is 5.10 Å². The number of hydrogen-bond acceptors (Lipinski definition) is 4. The van der Waals surface area contributed by atoms with Crippen LogP contribution in [-0.2, 0) is 0 Å². The van der Waals surface area contributed by atoms with Gasteiger partial charge in [-0.3, -0.25) is 4.57 Å². The molecule has 130 valence electrons. The van der Waals surface area contributed by atoms with Gasteiger partial charge >= 0.3 is 0 Å². The van der Waals surface area contributed by atoms with E-state index in [4.69, 9.17) is 28.3 Å². The van der Waals surface area contributed by atoms with E-state index in [1.807, 2.05) is 60.0 Å². The average Bonchev–Trinajstić information content (AvgIpc) is 2.94. The summed E-state index contributed by atoms with van der Waals surface area (Å²) in [5.41, 5.74) is 3.69. The topological polar surface area (TPSA) is 46.3 Å². The average molecular weight is 384 g/mol. The highest BCUT2D eigenvalue weighted by molar-refractivity contribution is 6.31. The molecule has 4 rings (SSSR count). The molecule has 0 aliphatic carbocycles. The van der Waals surface area contributed by atoms with Crippen molar-refractivity contribution in [2.24, 2.45) is 5.10 Å². The molecule has 0 amide bonds. The normalized spacial score (nSPS) is 12.9. The Morgan fingerprint density at radius 2 is 1.81 bits per heavy atom. The minimum atomic E-state index is 0.324. The summed E-state index contributed by atoms with van der Waals surface area (Å²) in [5, 5.41) is 16.2. The smallest absolute Gasteiger partial charge is 0.252 e. The van der Waals surface area contributed by atoms with Crippen molar-refractivity contribution in [1.82, 2.24) is 14.8 Å². The number of para-hydroxylation sites is 1. The van der Waals surface area contributed by atoms with Crippen molar-refractivity contribution in [3.63, 3.8) is 0 Å². The van der Waals surface area contributed by atoms with Crippen molar-refractivity contribution < 1.29 is 0 Å². The summed E-state index contributed by atoms with van der Waals surface area (Å²) < 4.78 is 1.97. The molecule has 0 radical (unpaired) electrons. The van der Waals surface area contributed by atoms with Crippen molar-refractivity contribution in [3.8, 4) is 5.69 Å². The van der Waals surface area contributed by atoms with Gasteiger partial charge < -0.3 is 0 Å². The zero-order valence-electron chi connectivity index (χ0n) is 14.0. The molecular weight excluding hydrogens is 369 g/mol. The van der Waals surface area contributed by atoms with Gasteiger partial charge in [0.25, 0.3) is 5.95 Å². The summed E-state index contributed by atoms with van der Waals surface area (Å²) in [5.74, 6) is 1.37. The Balaban J connectivity index is 1.99. The Labute approximate surface area is 161 Å². The Hall–Kier alpha value is -2.63. The Bertz CT molecular complexity index is 1020. The number of aromatic nitrogens is 3. The highest BCUT2D eigenvalue weighted by Gasteiger charge is 2.26. The molecule has 0 spiro atoms. The number of halogens is 2. The standard InChI is InChI=1S/C19H15Cl2N5/c1-12(20)11-25-19-23-22-13(2)26(19)17-6-4-3-5-16(17)18(24-25)14-7-9-15(21)10-8-14/h3-10H,1,11H2,2H3. The molecular formula is C19H15Cl2N5. The number of hydrazone groups is 1. The van der Waals surface area contributed by atoms with Crippen molar-refractivity contribution in [3.05, 3.63) is 82.1 Å². The first-order valence-corrected chi connectivity index (χ1v) is 8.77. The number of fused-ring (bicyclic) bond motifs is 3. The summed E-state index contributed by atoms with van der Waals surface area (Å²) in [6.45, 7) is 6.03. The quantitative estimate of drug-likeness (QED) is 0.666.